The summed E-state index contributed by atoms with van der Waals surface area (Å²) in [6.07, 6.45) is 2.98. The summed E-state index contributed by atoms with van der Waals surface area (Å²) in [5.41, 5.74) is 2.14. The summed E-state index contributed by atoms with van der Waals surface area (Å²) >= 11 is 0. The maximum atomic E-state index is 12.3. The second-order valence-electron chi connectivity index (χ2n) is 4.71. The molecule has 104 valence electrons. The molecule has 0 spiro atoms. The maximum Gasteiger partial charge on any atom is 0.223 e. The van der Waals surface area contributed by atoms with E-state index < -0.39 is 0 Å². The number of carbonyl (C=O) groups excluding carboxylic acids is 1. The zero-order chi connectivity index (χ0) is 14.2. The molecule has 0 aliphatic heterocycles. The first-order valence-corrected chi connectivity index (χ1v) is 7.01. The lowest BCUT2D eigenvalue weighted by Gasteiger charge is -2.21. The molecule has 20 heavy (non-hydrogen) atoms. The Morgan fingerprint density at radius 1 is 1.10 bits per heavy atom. The molecule has 0 saturated carbocycles. The zero-order valence-corrected chi connectivity index (χ0v) is 11.8. The summed E-state index contributed by atoms with van der Waals surface area (Å²) in [5.74, 6) is 0.182. The summed E-state index contributed by atoms with van der Waals surface area (Å²) in [5, 5.41) is 0. The number of hydrogen-bond donors (Lipinski definition) is 0. The molecule has 1 aromatic heterocycles. The van der Waals surface area contributed by atoms with Gasteiger partial charge in [-0.25, -0.2) is 0 Å². The SMILES string of the molecule is CCN(Cc1ccccc1)C(=O)CCc1ccccn1. The summed E-state index contributed by atoms with van der Waals surface area (Å²) < 4.78 is 0. The van der Waals surface area contributed by atoms with Crippen LogP contribution in [0.3, 0.4) is 0 Å². The lowest BCUT2D eigenvalue weighted by Crippen LogP contribution is -2.30. The molecule has 2 aromatic rings. The van der Waals surface area contributed by atoms with Gasteiger partial charge in [-0.3, -0.25) is 9.78 Å². The molecule has 1 heterocycles. The first kappa shape index (κ1) is 14.3. The molecule has 0 bridgehead atoms. The van der Waals surface area contributed by atoms with Crippen LogP contribution in [0, 0.1) is 0 Å². The molecule has 0 saturated heterocycles. The molecule has 0 radical (unpaired) electrons. The molecule has 0 aliphatic rings. The van der Waals surface area contributed by atoms with E-state index in [0.717, 1.165) is 12.2 Å². The quantitative estimate of drug-likeness (QED) is 0.806. The second-order valence-corrected chi connectivity index (χ2v) is 4.71. The number of pyridine rings is 1. The smallest absolute Gasteiger partial charge is 0.223 e. The van der Waals surface area contributed by atoms with Gasteiger partial charge in [-0.1, -0.05) is 36.4 Å². The summed E-state index contributed by atoms with van der Waals surface area (Å²) in [6, 6.07) is 15.9. The highest BCUT2D eigenvalue weighted by Crippen LogP contribution is 2.07. The number of nitrogens with zero attached hydrogens (tertiary/aromatic N) is 2. The molecule has 3 heteroatoms. The Morgan fingerprint density at radius 2 is 1.85 bits per heavy atom. The number of hydrogen-bond acceptors (Lipinski definition) is 2. The van der Waals surface area contributed by atoms with E-state index in [0.29, 0.717) is 19.4 Å². The van der Waals surface area contributed by atoms with Crippen LogP contribution in [0.15, 0.2) is 54.7 Å². The molecular formula is C17H20N2O. The fraction of sp³-hybridized carbons (Fsp3) is 0.294. The number of rotatable bonds is 6. The van der Waals surface area contributed by atoms with Crippen molar-refractivity contribution < 1.29 is 4.79 Å². The van der Waals surface area contributed by atoms with Crippen molar-refractivity contribution in [3.8, 4) is 0 Å². The number of aromatic nitrogens is 1. The Labute approximate surface area is 120 Å². The Kier molecular flexibility index (Phi) is 5.30. The van der Waals surface area contributed by atoms with E-state index in [-0.39, 0.29) is 5.91 Å². The van der Waals surface area contributed by atoms with E-state index in [9.17, 15) is 4.79 Å². The van der Waals surface area contributed by atoms with Gasteiger partial charge in [0.2, 0.25) is 5.91 Å². The van der Waals surface area contributed by atoms with Crippen molar-refractivity contribution in [2.75, 3.05) is 6.54 Å². The van der Waals surface area contributed by atoms with Gasteiger partial charge in [-0.2, -0.15) is 0 Å². The number of benzene rings is 1. The van der Waals surface area contributed by atoms with Crippen molar-refractivity contribution >= 4 is 5.91 Å². The summed E-state index contributed by atoms with van der Waals surface area (Å²) in [7, 11) is 0. The molecule has 0 N–H and O–H groups in total. The van der Waals surface area contributed by atoms with Crippen molar-refractivity contribution in [2.24, 2.45) is 0 Å². The minimum absolute atomic E-state index is 0.182. The van der Waals surface area contributed by atoms with Gasteiger partial charge < -0.3 is 4.90 Å². The van der Waals surface area contributed by atoms with Crippen LogP contribution in [0.2, 0.25) is 0 Å². The number of aryl methyl sites for hydroxylation is 1. The van der Waals surface area contributed by atoms with Crippen LogP contribution in [0.4, 0.5) is 0 Å². The predicted octanol–water partition coefficient (Wildman–Crippen LogP) is 3.06. The third-order valence-corrected chi connectivity index (χ3v) is 3.27. The van der Waals surface area contributed by atoms with Crippen LogP contribution >= 0.6 is 0 Å². The standard InChI is InChI=1S/C17H20N2O/c1-2-19(14-15-8-4-3-5-9-15)17(20)12-11-16-10-6-7-13-18-16/h3-10,13H,2,11-12,14H2,1H3. The molecule has 0 unspecified atom stereocenters. The normalized spacial score (nSPS) is 10.2. The van der Waals surface area contributed by atoms with Gasteiger partial charge in [0, 0.05) is 31.4 Å². The van der Waals surface area contributed by atoms with Crippen molar-refractivity contribution in [3.05, 3.63) is 66.0 Å². The largest absolute Gasteiger partial charge is 0.339 e. The highest BCUT2D eigenvalue weighted by atomic mass is 16.2. The fourth-order valence-corrected chi connectivity index (χ4v) is 2.12. The summed E-state index contributed by atoms with van der Waals surface area (Å²) in [4.78, 5) is 18.4. The van der Waals surface area contributed by atoms with Crippen LogP contribution in [-0.2, 0) is 17.8 Å². The first-order chi connectivity index (χ1) is 9.79. The third-order valence-electron chi connectivity index (χ3n) is 3.27. The van der Waals surface area contributed by atoms with E-state index in [4.69, 9.17) is 0 Å². The molecular weight excluding hydrogens is 248 g/mol. The van der Waals surface area contributed by atoms with Crippen LogP contribution in [0.25, 0.3) is 0 Å². The molecule has 0 atom stereocenters. The van der Waals surface area contributed by atoms with E-state index in [1.54, 1.807) is 6.20 Å². The van der Waals surface area contributed by atoms with Gasteiger partial charge in [0.25, 0.3) is 0 Å². The van der Waals surface area contributed by atoms with Crippen LogP contribution in [-0.4, -0.2) is 22.3 Å². The average molecular weight is 268 g/mol. The fourth-order valence-electron chi connectivity index (χ4n) is 2.12. The van der Waals surface area contributed by atoms with Crippen LogP contribution < -0.4 is 0 Å². The minimum atomic E-state index is 0.182. The van der Waals surface area contributed by atoms with E-state index in [2.05, 4.69) is 17.1 Å². The van der Waals surface area contributed by atoms with Crippen LogP contribution in [0.5, 0.6) is 0 Å². The Hall–Kier alpha value is -2.16. The van der Waals surface area contributed by atoms with Crippen molar-refractivity contribution in [1.29, 1.82) is 0 Å². The molecule has 0 aliphatic carbocycles. The Morgan fingerprint density at radius 3 is 2.50 bits per heavy atom. The van der Waals surface area contributed by atoms with Gasteiger partial charge >= 0.3 is 0 Å². The number of carbonyl (C=O) groups is 1. The van der Waals surface area contributed by atoms with Gasteiger partial charge in [-0.05, 0) is 31.0 Å². The zero-order valence-electron chi connectivity index (χ0n) is 11.8. The Bertz CT molecular complexity index is 525. The molecule has 0 fully saturated rings. The average Bonchev–Trinajstić information content (AvgIpc) is 2.52. The lowest BCUT2D eigenvalue weighted by molar-refractivity contribution is -0.131. The van der Waals surface area contributed by atoms with Gasteiger partial charge in [0.15, 0.2) is 0 Å². The van der Waals surface area contributed by atoms with Gasteiger partial charge in [0.1, 0.15) is 0 Å². The van der Waals surface area contributed by atoms with Crippen LogP contribution in [0.1, 0.15) is 24.6 Å². The Balaban J connectivity index is 1.89. The van der Waals surface area contributed by atoms with Crippen molar-refractivity contribution in [2.45, 2.75) is 26.3 Å². The van der Waals surface area contributed by atoms with Crippen molar-refractivity contribution in [3.63, 3.8) is 0 Å². The highest BCUT2D eigenvalue weighted by Gasteiger charge is 2.12. The van der Waals surface area contributed by atoms with Gasteiger partial charge in [0.05, 0.1) is 0 Å². The topological polar surface area (TPSA) is 33.2 Å². The van der Waals surface area contributed by atoms with E-state index in [1.807, 2.05) is 48.2 Å². The van der Waals surface area contributed by atoms with E-state index in [1.165, 1.54) is 5.56 Å². The maximum absolute atomic E-state index is 12.3. The molecule has 2 rings (SSSR count). The summed E-state index contributed by atoms with van der Waals surface area (Å²) in [6.45, 7) is 3.43. The lowest BCUT2D eigenvalue weighted by atomic mass is 10.1. The third kappa shape index (κ3) is 4.19. The van der Waals surface area contributed by atoms with Crippen molar-refractivity contribution in [1.82, 2.24) is 9.88 Å². The molecule has 3 nitrogen and oxygen atoms in total. The molecule has 1 aromatic carbocycles. The number of amides is 1. The monoisotopic (exact) mass is 268 g/mol. The second kappa shape index (κ2) is 7.43. The minimum Gasteiger partial charge on any atom is -0.339 e. The van der Waals surface area contributed by atoms with Gasteiger partial charge in [-0.15, -0.1) is 0 Å². The molecule has 1 amide bonds. The van der Waals surface area contributed by atoms with E-state index >= 15 is 0 Å². The highest BCUT2D eigenvalue weighted by molar-refractivity contribution is 5.76. The predicted molar refractivity (Wildman–Crippen MR) is 80.1 cm³/mol. The first-order valence-electron chi connectivity index (χ1n) is 7.01.